The van der Waals surface area contributed by atoms with Crippen LogP contribution in [0.1, 0.15) is 17.7 Å². The Balaban J connectivity index is 1.87. The van der Waals surface area contributed by atoms with E-state index in [1.54, 1.807) is 11.3 Å². The monoisotopic (exact) mass is 312 g/mol. The minimum absolute atomic E-state index is 0.205. The number of nitrogen functional groups attached to an aromatic ring is 1. The third-order valence-corrected chi connectivity index (χ3v) is 6.71. The molecule has 0 spiro atoms. The second-order valence-electron chi connectivity index (χ2n) is 5.02. The van der Waals surface area contributed by atoms with Crippen molar-refractivity contribution in [1.29, 1.82) is 0 Å². The number of nitrogens with zero attached hydrogens (tertiary/aromatic N) is 2. The van der Waals surface area contributed by atoms with Crippen LogP contribution in [0.5, 0.6) is 0 Å². The van der Waals surface area contributed by atoms with Crippen LogP contribution in [0.3, 0.4) is 0 Å². The first-order chi connectivity index (χ1) is 9.45. The van der Waals surface area contributed by atoms with E-state index in [0.29, 0.717) is 18.8 Å². The summed E-state index contributed by atoms with van der Waals surface area (Å²) in [5.74, 6) is 1.12. The van der Waals surface area contributed by atoms with Gasteiger partial charge in [0.1, 0.15) is 10.6 Å². The molecular weight excluding hydrogens is 296 g/mol. The molecule has 3 heterocycles. The standard InChI is InChI=1S/C12H16N4O2S2/c1-7-5-9-10(15-12(13)16-11(9)19-7)14-6-8-3-2-4-20(8,17)18/h5,8H,2-4,6H2,1H3,(H3,13,14,15,16). The molecule has 1 saturated heterocycles. The minimum atomic E-state index is -2.95. The van der Waals surface area contributed by atoms with Crippen LogP contribution in [0, 0.1) is 6.92 Å². The molecule has 6 nitrogen and oxygen atoms in total. The molecule has 20 heavy (non-hydrogen) atoms. The zero-order valence-electron chi connectivity index (χ0n) is 11.1. The molecule has 0 aliphatic carbocycles. The third kappa shape index (κ3) is 2.45. The molecule has 2 aromatic rings. The predicted octanol–water partition coefficient (Wildman–Crippen LogP) is 1.57. The van der Waals surface area contributed by atoms with Gasteiger partial charge in [-0.1, -0.05) is 0 Å². The average Bonchev–Trinajstić information content (AvgIpc) is 2.87. The summed E-state index contributed by atoms with van der Waals surface area (Å²) in [7, 11) is -2.95. The van der Waals surface area contributed by atoms with E-state index in [1.165, 1.54) is 0 Å². The van der Waals surface area contributed by atoms with E-state index in [-0.39, 0.29) is 17.0 Å². The smallest absolute Gasteiger partial charge is 0.223 e. The first-order valence-electron chi connectivity index (χ1n) is 6.45. The molecule has 1 unspecified atom stereocenters. The van der Waals surface area contributed by atoms with Crippen molar-refractivity contribution in [2.45, 2.75) is 25.0 Å². The third-order valence-electron chi connectivity index (χ3n) is 3.49. The molecule has 0 saturated carbocycles. The second kappa shape index (κ2) is 4.85. The minimum Gasteiger partial charge on any atom is -0.368 e. The number of anilines is 2. The maximum Gasteiger partial charge on any atom is 0.223 e. The highest BCUT2D eigenvalue weighted by molar-refractivity contribution is 7.92. The fraction of sp³-hybridized carbons (Fsp3) is 0.500. The Bertz CT molecular complexity index is 754. The molecule has 1 fully saturated rings. The van der Waals surface area contributed by atoms with Gasteiger partial charge < -0.3 is 11.1 Å². The molecule has 0 radical (unpaired) electrons. The maximum absolute atomic E-state index is 11.8. The first-order valence-corrected chi connectivity index (χ1v) is 8.98. The molecule has 0 aromatic carbocycles. The topological polar surface area (TPSA) is 98.0 Å². The number of rotatable bonds is 3. The lowest BCUT2D eigenvalue weighted by atomic mass is 10.2. The molecule has 2 aromatic heterocycles. The lowest BCUT2D eigenvalue weighted by Gasteiger charge is -2.12. The fourth-order valence-electron chi connectivity index (χ4n) is 2.49. The van der Waals surface area contributed by atoms with Crippen molar-refractivity contribution in [3.05, 3.63) is 10.9 Å². The van der Waals surface area contributed by atoms with Gasteiger partial charge in [-0.2, -0.15) is 4.98 Å². The molecule has 3 N–H and O–H groups in total. The van der Waals surface area contributed by atoms with Crippen LogP contribution in [0.2, 0.25) is 0 Å². The number of nitrogens with two attached hydrogens (primary N) is 1. The number of aryl methyl sites for hydroxylation is 1. The van der Waals surface area contributed by atoms with Crippen LogP contribution in [-0.4, -0.2) is 35.9 Å². The van der Waals surface area contributed by atoms with E-state index in [1.807, 2.05) is 13.0 Å². The normalized spacial score (nSPS) is 21.4. The largest absolute Gasteiger partial charge is 0.368 e. The van der Waals surface area contributed by atoms with Crippen LogP contribution in [-0.2, 0) is 9.84 Å². The Hall–Kier alpha value is -1.41. The van der Waals surface area contributed by atoms with Crippen molar-refractivity contribution in [1.82, 2.24) is 9.97 Å². The van der Waals surface area contributed by atoms with Gasteiger partial charge in [0.15, 0.2) is 9.84 Å². The van der Waals surface area contributed by atoms with Gasteiger partial charge in [0.25, 0.3) is 0 Å². The van der Waals surface area contributed by atoms with Crippen molar-refractivity contribution in [3.8, 4) is 0 Å². The Morgan fingerprint density at radius 3 is 3.00 bits per heavy atom. The Labute approximate surface area is 121 Å². The Morgan fingerprint density at radius 1 is 1.50 bits per heavy atom. The number of sulfone groups is 1. The molecule has 1 aliphatic rings. The SMILES string of the molecule is Cc1cc2c(NCC3CCCS3(=O)=O)nc(N)nc2s1. The number of fused-ring (bicyclic) bond motifs is 1. The summed E-state index contributed by atoms with van der Waals surface area (Å²) in [6.45, 7) is 2.37. The van der Waals surface area contributed by atoms with Gasteiger partial charge in [0.2, 0.25) is 5.95 Å². The number of thiophene rings is 1. The molecule has 1 aliphatic heterocycles. The lowest BCUT2D eigenvalue weighted by Crippen LogP contribution is -2.25. The highest BCUT2D eigenvalue weighted by Gasteiger charge is 2.31. The predicted molar refractivity (Wildman–Crippen MR) is 81.9 cm³/mol. The van der Waals surface area contributed by atoms with Gasteiger partial charge in [-0.05, 0) is 25.8 Å². The zero-order chi connectivity index (χ0) is 14.3. The summed E-state index contributed by atoms with van der Waals surface area (Å²) in [4.78, 5) is 10.3. The summed E-state index contributed by atoms with van der Waals surface area (Å²) in [6, 6.07) is 1.99. The second-order valence-corrected chi connectivity index (χ2v) is 8.65. The van der Waals surface area contributed by atoms with Gasteiger partial charge in [0.05, 0.1) is 16.4 Å². The fourth-order valence-corrected chi connectivity index (χ4v) is 5.14. The number of aromatic nitrogens is 2. The van der Waals surface area contributed by atoms with Crippen molar-refractivity contribution in [3.63, 3.8) is 0 Å². The van der Waals surface area contributed by atoms with Gasteiger partial charge in [0, 0.05) is 11.4 Å². The van der Waals surface area contributed by atoms with E-state index in [0.717, 1.165) is 21.5 Å². The van der Waals surface area contributed by atoms with E-state index in [4.69, 9.17) is 5.73 Å². The maximum atomic E-state index is 11.8. The van der Waals surface area contributed by atoms with Gasteiger partial charge in [-0.25, -0.2) is 13.4 Å². The summed E-state index contributed by atoms with van der Waals surface area (Å²) in [6.07, 6.45) is 1.45. The van der Waals surface area contributed by atoms with Crippen molar-refractivity contribution in [2.75, 3.05) is 23.3 Å². The highest BCUT2D eigenvalue weighted by Crippen LogP contribution is 2.29. The average molecular weight is 312 g/mol. The van der Waals surface area contributed by atoms with Crippen LogP contribution in [0.25, 0.3) is 10.2 Å². The van der Waals surface area contributed by atoms with Crippen LogP contribution >= 0.6 is 11.3 Å². The molecular formula is C12H16N4O2S2. The van der Waals surface area contributed by atoms with Crippen LogP contribution in [0.15, 0.2) is 6.07 Å². The van der Waals surface area contributed by atoms with Crippen LogP contribution in [0.4, 0.5) is 11.8 Å². The van der Waals surface area contributed by atoms with Crippen molar-refractivity contribution in [2.24, 2.45) is 0 Å². The molecule has 0 bridgehead atoms. The molecule has 8 heteroatoms. The molecule has 108 valence electrons. The highest BCUT2D eigenvalue weighted by atomic mass is 32.2. The van der Waals surface area contributed by atoms with Crippen molar-refractivity contribution < 1.29 is 8.42 Å². The van der Waals surface area contributed by atoms with E-state index < -0.39 is 9.84 Å². The van der Waals surface area contributed by atoms with E-state index in [9.17, 15) is 8.42 Å². The number of nitrogens with one attached hydrogen (secondary N) is 1. The van der Waals surface area contributed by atoms with E-state index >= 15 is 0 Å². The lowest BCUT2D eigenvalue weighted by molar-refractivity contribution is 0.591. The molecule has 0 amide bonds. The first kappa shape index (κ1) is 13.6. The van der Waals surface area contributed by atoms with Crippen LogP contribution < -0.4 is 11.1 Å². The Morgan fingerprint density at radius 2 is 2.30 bits per heavy atom. The van der Waals surface area contributed by atoms with Gasteiger partial charge in [-0.3, -0.25) is 0 Å². The van der Waals surface area contributed by atoms with Gasteiger partial charge in [-0.15, -0.1) is 11.3 Å². The van der Waals surface area contributed by atoms with Gasteiger partial charge >= 0.3 is 0 Å². The van der Waals surface area contributed by atoms with E-state index in [2.05, 4.69) is 15.3 Å². The summed E-state index contributed by atoms with van der Waals surface area (Å²) < 4.78 is 23.6. The molecule has 1 atom stereocenters. The Kier molecular flexibility index (Phi) is 3.29. The summed E-state index contributed by atoms with van der Waals surface area (Å²) >= 11 is 1.55. The zero-order valence-corrected chi connectivity index (χ0v) is 12.7. The number of hydrogen-bond acceptors (Lipinski definition) is 7. The quantitative estimate of drug-likeness (QED) is 0.892. The number of hydrogen-bond donors (Lipinski definition) is 2. The summed E-state index contributed by atoms with van der Waals surface area (Å²) in [5.41, 5.74) is 5.70. The summed E-state index contributed by atoms with van der Waals surface area (Å²) in [5, 5.41) is 3.71. The van der Waals surface area contributed by atoms with Crippen molar-refractivity contribution >= 4 is 43.2 Å². The molecule has 3 rings (SSSR count).